The van der Waals surface area contributed by atoms with Crippen LogP contribution in [0.1, 0.15) is 20.9 Å². The smallest absolute Gasteiger partial charge is 0.191 e. The molecule has 0 fully saturated rings. The average Bonchev–Trinajstić information content (AvgIpc) is 3.27. The van der Waals surface area contributed by atoms with Crippen molar-refractivity contribution in [1.82, 2.24) is 20.2 Å². The molecule has 26 heavy (non-hydrogen) atoms. The van der Waals surface area contributed by atoms with Gasteiger partial charge in [0.05, 0.1) is 12.9 Å². The summed E-state index contributed by atoms with van der Waals surface area (Å²) in [6.45, 7) is 4.48. The molecule has 2 heterocycles. The van der Waals surface area contributed by atoms with Crippen LogP contribution < -0.4 is 10.6 Å². The van der Waals surface area contributed by atoms with Gasteiger partial charge in [0.2, 0.25) is 0 Å². The third-order valence-corrected chi connectivity index (χ3v) is 4.83. The van der Waals surface area contributed by atoms with E-state index in [0.29, 0.717) is 0 Å². The molecule has 0 aliphatic rings. The minimum atomic E-state index is 0. The molecule has 1 aromatic carbocycles. The number of aromatic nitrogens is 2. The molecule has 0 radical (unpaired) electrons. The molecule has 3 aromatic rings. The largest absolute Gasteiger partial charge is 0.352 e. The molecule has 0 aliphatic carbocycles. The van der Waals surface area contributed by atoms with Crippen molar-refractivity contribution < 1.29 is 0 Å². The zero-order chi connectivity index (χ0) is 17.5. The Bertz CT molecular complexity index is 826. The Labute approximate surface area is 175 Å². The number of nitrogens with one attached hydrogen (secondary N) is 2. The van der Waals surface area contributed by atoms with Gasteiger partial charge in [0, 0.05) is 42.3 Å². The normalized spacial score (nSPS) is 11.1. The topological polar surface area (TPSA) is 54.2 Å². The number of hydrogen-bond donors (Lipinski definition) is 2. The van der Waals surface area contributed by atoms with Gasteiger partial charge in [-0.2, -0.15) is 0 Å². The quantitative estimate of drug-likeness (QED) is 0.320. The molecule has 0 aliphatic heterocycles. The van der Waals surface area contributed by atoms with Gasteiger partial charge in [-0.15, -0.1) is 35.3 Å². The predicted molar refractivity (Wildman–Crippen MR) is 119 cm³/mol. The molecule has 0 saturated heterocycles. The Kier molecular flexibility index (Phi) is 8.11. The molecular weight excluding hydrogens is 457 g/mol. The van der Waals surface area contributed by atoms with E-state index in [0.717, 1.165) is 25.6 Å². The van der Waals surface area contributed by atoms with E-state index < -0.39 is 0 Å². The molecule has 3 rings (SSSR count). The van der Waals surface area contributed by atoms with Gasteiger partial charge in [-0.3, -0.25) is 4.99 Å². The van der Waals surface area contributed by atoms with Crippen LogP contribution >= 0.6 is 35.3 Å². The molecule has 0 amide bonds. The van der Waals surface area contributed by atoms with Crippen LogP contribution in [0.15, 0.2) is 60.1 Å². The van der Waals surface area contributed by atoms with Crippen LogP contribution in [0.2, 0.25) is 0 Å². The summed E-state index contributed by atoms with van der Waals surface area (Å²) in [4.78, 5) is 11.0. The third-order valence-electron chi connectivity index (χ3n) is 3.83. The van der Waals surface area contributed by atoms with Crippen LogP contribution in [-0.2, 0) is 19.6 Å². The lowest BCUT2D eigenvalue weighted by atomic mass is 10.1. The van der Waals surface area contributed by atoms with Gasteiger partial charge in [-0.05, 0) is 30.2 Å². The van der Waals surface area contributed by atoms with Gasteiger partial charge >= 0.3 is 0 Å². The fraction of sp³-hybridized carbons (Fsp3) is 0.263. The fourth-order valence-corrected chi connectivity index (χ4v) is 3.42. The first-order valence-electron chi connectivity index (χ1n) is 8.26. The summed E-state index contributed by atoms with van der Waals surface area (Å²) in [6, 6.07) is 12.9. The number of aliphatic imine (C=N–C) groups is 1. The molecule has 2 aromatic heterocycles. The maximum atomic E-state index is 4.29. The molecule has 0 saturated carbocycles. The van der Waals surface area contributed by atoms with E-state index in [-0.39, 0.29) is 24.0 Å². The SMILES string of the molecule is CN=C(NCc1cccc(Cn2ccnc2)c1)NCc1ccc(C)s1.I. The first-order valence-corrected chi connectivity index (χ1v) is 9.08. The van der Waals surface area contributed by atoms with Crippen LogP contribution in [0.4, 0.5) is 0 Å². The molecule has 0 bridgehead atoms. The molecule has 138 valence electrons. The van der Waals surface area contributed by atoms with E-state index in [4.69, 9.17) is 0 Å². The highest BCUT2D eigenvalue weighted by molar-refractivity contribution is 14.0. The Morgan fingerprint density at radius 3 is 2.65 bits per heavy atom. The zero-order valence-corrected chi connectivity index (χ0v) is 18.1. The highest BCUT2D eigenvalue weighted by Gasteiger charge is 2.02. The van der Waals surface area contributed by atoms with Crippen LogP contribution in [0, 0.1) is 6.92 Å². The van der Waals surface area contributed by atoms with Crippen LogP contribution in [0.3, 0.4) is 0 Å². The maximum absolute atomic E-state index is 4.29. The molecular formula is C19H24IN5S. The first-order chi connectivity index (χ1) is 12.2. The summed E-state index contributed by atoms with van der Waals surface area (Å²) in [5.74, 6) is 0.811. The average molecular weight is 481 g/mol. The van der Waals surface area contributed by atoms with Crippen molar-refractivity contribution in [3.63, 3.8) is 0 Å². The van der Waals surface area contributed by atoms with E-state index in [1.54, 1.807) is 24.6 Å². The summed E-state index contributed by atoms with van der Waals surface area (Å²) in [6.07, 6.45) is 5.61. The van der Waals surface area contributed by atoms with Crippen molar-refractivity contribution in [3.8, 4) is 0 Å². The monoisotopic (exact) mass is 481 g/mol. The lowest BCUT2D eigenvalue weighted by Crippen LogP contribution is -2.36. The summed E-state index contributed by atoms with van der Waals surface area (Å²) in [5.41, 5.74) is 2.49. The zero-order valence-electron chi connectivity index (χ0n) is 15.0. The van der Waals surface area contributed by atoms with Crippen molar-refractivity contribution in [2.75, 3.05) is 7.05 Å². The standard InChI is InChI=1S/C19H23N5S.HI/c1-15-6-7-18(25-15)12-23-19(20-2)22-11-16-4-3-5-17(10-16)13-24-9-8-21-14-24;/h3-10,14H,11-13H2,1-2H3,(H2,20,22,23);1H. The van der Waals surface area contributed by atoms with E-state index in [9.17, 15) is 0 Å². The van der Waals surface area contributed by atoms with Gasteiger partial charge in [0.1, 0.15) is 0 Å². The lowest BCUT2D eigenvalue weighted by molar-refractivity contribution is 0.788. The summed E-state index contributed by atoms with van der Waals surface area (Å²) in [7, 11) is 1.80. The van der Waals surface area contributed by atoms with Crippen LogP contribution in [0.5, 0.6) is 0 Å². The van der Waals surface area contributed by atoms with Crippen molar-refractivity contribution in [2.24, 2.45) is 4.99 Å². The minimum absolute atomic E-state index is 0. The number of halogens is 1. The van der Waals surface area contributed by atoms with Crippen molar-refractivity contribution >= 4 is 41.3 Å². The highest BCUT2D eigenvalue weighted by Crippen LogP contribution is 2.14. The number of imidazole rings is 1. The Morgan fingerprint density at radius 1 is 1.15 bits per heavy atom. The van der Waals surface area contributed by atoms with Gasteiger partial charge in [-0.1, -0.05) is 24.3 Å². The number of guanidine groups is 1. The van der Waals surface area contributed by atoms with Gasteiger partial charge < -0.3 is 15.2 Å². The predicted octanol–water partition coefficient (Wildman–Crippen LogP) is 3.78. The van der Waals surface area contributed by atoms with Crippen LogP contribution in [-0.4, -0.2) is 22.6 Å². The molecule has 7 heteroatoms. The van der Waals surface area contributed by atoms with Gasteiger partial charge in [0.15, 0.2) is 5.96 Å². The van der Waals surface area contributed by atoms with E-state index in [1.165, 1.54) is 20.9 Å². The highest BCUT2D eigenvalue weighted by atomic mass is 127. The molecule has 5 nitrogen and oxygen atoms in total. The van der Waals surface area contributed by atoms with E-state index in [1.807, 2.05) is 12.5 Å². The molecule has 0 unspecified atom stereocenters. The second kappa shape index (κ2) is 10.3. The van der Waals surface area contributed by atoms with Crippen molar-refractivity contribution in [3.05, 3.63) is 76.0 Å². The Hall–Kier alpha value is -1.87. The summed E-state index contributed by atoms with van der Waals surface area (Å²) in [5, 5.41) is 6.73. The third kappa shape index (κ3) is 6.14. The number of benzene rings is 1. The van der Waals surface area contributed by atoms with Gasteiger partial charge in [-0.25, -0.2) is 4.98 Å². The molecule has 0 atom stereocenters. The Morgan fingerprint density at radius 2 is 1.96 bits per heavy atom. The van der Waals surface area contributed by atoms with Crippen LogP contribution in [0.25, 0.3) is 0 Å². The number of rotatable bonds is 6. The number of aryl methyl sites for hydroxylation is 1. The second-order valence-corrected chi connectivity index (χ2v) is 7.22. The number of thiophene rings is 1. The van der Waals surface area contributed by atoms with Crippen molar-refractivity contribution in [2.45, 2.75) is 26.6 Å². The second-order valence-electron chi connectivity index (χ2n) is 5.85. The van der Waals surface area contributed by atoms with E-state index >= 15 is 0 Å². The molecule has 0 spiro atoms. The Balaban J connectivity index is 0.00000243. The summed E-state index contributed by atoms with van der Waals surface area (Å²) >= 11 is 1.81. The molecule has 2 N–H and O–H groups in total. The summed E-state index contributed by atoms with van der Waals surface area (Å²) < 4.78 is 2.07. The minimum Gasteiger partial charge on any atom is -0.352 e. The number of hydrogen-bond acceptors (Lipinski definition) is 3. The van der Waals surface area contributed by atoms with E-state index in [2.05, 4.69) is 68.5 Å². The van der Waals surface area contributed by atoms with Crippen molar-refractivity contribution in [1.29, 1.82) is 0 Å². The fourth-order valence-electron chi connectivity index (χ4n) is 2.59. The van der Waals surface area contributed by atoms with Gasteiger partial charge in [0.25, 0.3) is 0 Å². The first kappa shape index (κ1) is 20.4. The lowest BCUT2D eigenvalue weighted by Gasteiger charge is -2.12. The maximum Gasteiger partial charge on any atom is 0.191 e. The number of nitrogens with zero attached hydrogens (tertiary/aromatic N) is 3.